The molecule has 1 atom stereocenters. The molecule has 1 rings (SSSR count). The smallest absolute Gasteiger partial charge is 0.235 e. The lowest BCUT2D eigenvalue weighted by Gasteiger charge is -2.14. The second kappa shape index (κ2) is 6.44. The number of nitrogens with one attached hydrogen (secondary N) is 2. The number of halogens is 1. The largest absolute Gasteiger partial charge is 0.497 e. The third-order valence-electron chi connectivity index (χ3n) is 2.28. The zero-order valence-corrected chi connectivity index (χ0v) is 10.5. The molecule has 1 aromatic carbocycles. The van der Waals surface area contributed by atoms with Crippen LogP contribution in [-0.2, 0) is 4.79 Å². The van der Waals surface area contributed by atoms with Gasteiger partial charge in [0.05, 0.1) is 7.11 Å². The van der Waals surface area contributed by atoms with Crippen LogP contribution in [0.15, 0.2) is 18.2 Å². The number of amides is 1. The summed E-state index contributed by atoms with van der Waals surface area (Å²) in [6.45, 7) is 0. The van der Waals surface area contributed by atoms with Crippen molar-refractivity contribution in [1.29, 1.82) is 0 Å². The van der Waals surface area contributed by atoms with E-state index in [1.807, 2.05) is 0 Å². The molecule has 0 spiro atoms. The van der Waals surface area contributed by atoms with E-state index in [-0.39, 0.29) is 12.3 Å². The lowest BCUT2D eigenvalue weighted by atomic mass is 10.0. The van der Waals surface area contributed by atoms with Gasteiger partial charge in [-0.05, 0) is 17.7 Å². The van der Waals surface area contributed by atoms with Crippen molar-refractivity contribution >= 4 is 17.5 Å². The van der Waals surface area contributed by atoms with Gasteiger partial charge >= 0.3 is 0 Å². The molecule has 0 saturated carbocycles. The molecule has 0 saturated heterocycles. The van der Waals surface area contributed by atoms with E-state index in [0.717, 1.165) is 5.56 Å². The van der Waals surface area contributed by atoms with Gasteiger partial charge in [0.15, 0.2) is 0 Å². The first-order valence-electron chi connectivity index (χ1n) is 5.13. The Morgan fingerprint density at radius 1 is 1.59 bits per heavy atom. The van der Waals surface area contributed by atoms with E-state index in [1.54, 1.807) is 32.4 Å². The normalized spacial score (nSPS) is 12.0. The highest BCUT2D eigenvalue weighted by Gasteiger charge is 2.14. The summed E-state index contributed by atoms with van der Waals surface area (Å²) in [4.78, 5) is 11.3. The maximum atomic E-state index is 11.3. The molecule has 0 aliphatic heterocycles. The number of carbonyl (C=O) groups is 1. The molecule has 17 heavy (non-hydrogen) atoms. The Morgan fingerprint density at radius 2 is 2.29 bits per heavy atom. The minimum Gasteiger partial charge on any atom is -0.497 e. The van der Waals surface area contributed by atoms with E-state index in [2.05, 4.69) is 10.9 Å². The fraction of sp³-hybridized carbons (Fsp3) is 0.364. The zero-order chi connectivity index (χ0) is 12.8. The van der Waals surface area contributed by atoms with Crippen LogP contribution in [0.4, 0.5) is 0 Å². The van der Waals surface area contributed by atoms with E-state index in [0.29, 0.717) is 10.8 Å². The Labute approximate surface area is 105 Å². The predicted octanol–water partition coefficient (Wildman–Crippen LogP) is 0.989. The van der Waals surface area contributed by atoms with Gasteiger partial charge in [-0.1, -0.05) is 17.7 Å². The Hall–Kier alpha value is -1.30. The van der Waals surface area contributed by atoms with Gasteiger partial charge in [-0.2, -0.15) is 0 Å². The van der Waals surface area contributed by atoms with Gasteiger partial charge in [0, 0.05) is 24.5 Å². The van der Waals surface area contributed by atoms with Crippen LogP contribution >= 0.6 is 11.6 Å². The summed E-state index contributed by atoms with van der Waals surface area (Å²) in [7, 11) is 3.18. The second-order valence-electron chi connectivity index (χ2n) is 3.50. The van der Waals surface area contributed by atoms with Crippen molar-refractivity contribution in [3.63, 3.8) is 0 Å². The summed E-state index contributed by atoms with van der Waals surface area (Å²) >= 11 is 6.06. The maximum absolute atomic E-state index is 11.3. The van der Waals surface area contributed by atoms with Crippen LogP contribution in [0.2, 0.25) is 5.02 Å². The van der Waals surface area contributed by atoms with Crippen LogP contribution in [0, 0.1) is 0 Å². The molecule has 1 unspecified atom stereocenters. The van der Waals surface area contributed by atoms with Gasteiger partial charge in [-0.25, -0.2) is 5.43 Å². The minimum absolute atomic E-state index is 0.160. The molecule has 0 fully saturated rings. The topological polar surface area (TPSA) is 76.4 Å². The number of carbonyl (C=O) groups excluding carboxylic acids is 1. The van der Waals surface area contributed by atoms with Crippen molar-refractivity contribution in [2.45, 2.75) is 12.5 Å². The average molecular weight is 258 g/mol. The summed E-state index contributed by atoms with van der Waals surface area (Å²) in [5.74, 6) is 0.470. The van der Waals surface area contributed by atoms with Crippen LogP contribution in [0.25, 0.3) is 0 Å². The molecule has 94 valence electrons. The highest BCUT2D eigenvalue weighted by atomic mass is 35.5. The van der Waals surface area contributed by atoms with Gasteiger partial charge in [-0.15, -0.1) is 0 Å². The number of methoxy groups -OCH3 is 1. The fourth-order valence-electron chi connectivity index (χ4n) is 1.44. The molecule has 5 nitrogen and oxygen atoms in total. The Morgan fingerprint density at radius 3 is 2.82 bits per heavy atom. The molecule has 0 aliphatic carbocycles. The van der Waals surface area contributed by atoms with Crippen molar-refractivity contribution in [3.05, 3.63) is 28.8 Å². The van der Waals surface area contributed by atoms with E-state index >= 15 is 0 Å². The quantitative estimate of drug-likeness (QED) is 0.688. The van der Waals surface area contributed by atoms with Crippen LogP contribution < -0.4 is 21.3 Å². The number of benzene rings is 1. The summed E-state index contributed by atoms with van der Waals surface area (Å²) in [6.07, 6.45) is 0.160. The lowest BCUT2D eigenvalue weighted by molar-refractivity contribution is -0.122. The van der Waals surface area contributed by atoms with Crippen LogP contribution in [0.3, 0.4) is 0 Å². The van der Waals surface area contributed by atoms with Crippen molar-refractivity contribution in [2.24, 2.45) is 5.73 Å². The van der Waals surface area contributed by atoms with Gasteiger partial charge in [0.1, 0.15) is 5.75 Å². The number of rotatable bonds is 5. The molecule has 0 aliphatic rings. The summed E-state index contributed by atoms with van der Waals surface area (Å²) < 4.78 is 5.03. The summed E-state index contributed by atoms with van der Waals surface area (Å²) in [6, 6.07) is 4.75. The fourth-order valence-corrected chi connectivity index (χ4v) is 1.75. The van der Waals surface area contributed by atoms with E-state index < -0.39 is 6.04 Å². The first-order valence-corrected chi connectivity index (χ1v) is 5.51. The average Bonchev–Trinajstić information content (AvgIpc) is 2.28. The van der Waals surface area contributed by atoms with E-state index in [9.17, 15) is 4.79 Å². The van der Waals surface area contributed by atoms with Gasteiger partial charge in [0.2, 0.25) is 5.91 Å². The zero-order valence-electron chi connectivity index (χ0n) is 9.79. The maximum Gasteiger partial charge on any atom is 0.235 e. The molecule has 4 N–H and O–H groups in total. The van der Waals surface area contributed by atoms with Crippen molar-refractivity contribution in [3.8, 4) is 5.75 Å². The molecule has 0 heterocycles. The highest BCUT2D eigenvalue weighted by Crippen LogP contribution is 2.27. The molecule has 0 bridgehead atoms. The predicted molar refractivity (Wildman–Crippen MR) is 66.8 cm³/mol. The van der Waals surface area contributed by atoms with Gasteiger partial charge in [-0.3, -0.25) is 10.2 Å². The van der Waals surface area contributed by atoms with E-state index in [1.165, 1.54) is 0 Å². The minimum atomic E-state index is -0.443. The lowest BCUT2D eigenvalue weighted by Crippen LogP contribution is -2.36. The summed E-state index contributed by atoms with van der Waals surface area (Å²) in [5, 5.41) is 0.495. The Bertz CT molecular complexity index is 398. The third-order valence-corrected chi connectivity index (χ3v) is 2.60. The van der Waals surface area contributed by atoms with Crippen molar-refractivity contribution < 1.29 is 9.53 Å². The van der Waals surface area contributed by atoms with Crippen molar-refractivity contribution in [1.82, 2.24) is 10.9 Å². The first-order chi connectivity index (χ1) is 8.08. The number of hydrazine groups is 1. The van der Waals surface area contributed by atoms with Gasteiger partial charge in [0.25, 0.3) is 0 Å². The highest BCUT2D eigenvalue weighted by molar-refractivity contribution is 6.31. The standard InChI is InChI=1S/C11H16ClN3O2/c1-14-15-11(16)6-10(13)8-4-3-7(17-2)5-9(8)12/h3-5,10,14H,6,13H2,1-2H3,(H,15,16). The first kappa shape index (κ1) is 13.8. The number of hydrogen-bond donors (Lipinski definition) is 3. The number of ether oxygens (including phenoxy) is 1. The monoisotopic (exact) mass is 257 g/mol. The van der Waals surface area contributed by atoms with E-state index in [4.69, 9.17) is 22.1 Å². The summed E-state index contributed by atoms with van der Waals surface area (Å²) in [5.41, 5.74) is 11.6. The van der Waals surface area contributed by atoms with Crippen LogP contribution in [0.1, 0.15) is 18.0 Å². The molecule has 0 radical (unpaired) electrons. The number of nitrogens with two attached hydrogens (primary N) is 1. The number of hydrogen-bond acceptors (Lipinski definition) is 4. The molecule has 6 heteroatoms. The Balaban J connectivity index is 2.75. The van der Waals surface area contributed by atoms with Gasteiger partial charge < -0.3 is 10.5 Å². The third kappa shape index (κ3) is 3.89. The molecular formula is C11H16ClN3O2. The molecule has 0 aromatic heterocycles. The second-order valence-corrected chi connectivity index (χ2v) is 3.90. The molecular weight excluding hydrogens is 242 g/mol. The molecule has 1 amide bonds. The van der Waals surface area contributed by atoms with Crippen LogP contribution in [-0.4, -0.2) is 20.1 Å². The van der Waals surface area contributed by atoms with Crippen molar-refractivity contribution in [2.75, 3.05) is 14.2 Å². The Kier molecular flexibility index (Phi) is 5.21. The SMILES string of the molecule is CNNC(=O)CC(N)c1ccc(OC)cc1Cl. The molecule has 1 aromatic rings. The van der Waals surface area contributed by atoms with Crippen LogP contribution in [0.5, 0.6) is 5.75 Å².